The normalized spacial score (nSPS) is 17.2. The molecule has 1 aliphatic rings. The van der Waals surface area contributed by atoms with Gasteiger partial charge in [-0.25, -0.2) is 4.79 Å². The summed E-state index contributed by atoms with van der Waals surface area (Å²) in [5.41, 5.74) is 1.41. The Bertz CT molecular complexity index is 580. The molecule has 21 heavy (non-hydrogen) atoms. The minimum Gasteiger partial charge on any atom is -0.466 e. The maximum Gasteiger partial charge on any atom is 0.407 e. The zero-order valence-corrected chi connectivity index (χ0v) is 11.9. The van der Waals surface area contributed by atoms with Crippen LogP contribution in [0.25, 0.3) is 0 Å². The quantitative estimate of drug-likeness (QED) is 0.486. The van der Waals surface area contributed by atoms with E-state index in [1.54, 1.807) is 13.8 Å². The highest BCUT2D eigenvalue weighted by Gasteiger charge is 2.32. The Balaban J connectivity index is 2.19. The van der Waals surface area contributed by atoms with Gasteiger partial charge < -0.3 is 14.7 Å². The molecular weight excluding hydrogens is 278 g/mol. The minimum absolute atomic E-state index is 0.0895. The number of aromatic nitrogens is 2. The maximum absolute atomic E-state index is 12.1. The minimum atomic E-state index is -1.04. The number of H-pyrrole nitrogens is 1. The lowest BCUT2D eigenvalue weighted by Gasteiger charge is -2.30. The molecule has 1 atom stereocenters. The second-order valence-electron chi connectivity index (χ2n) is 4.89. The van der Waals surface area contributed by atoms with Crippen LogP contribution in [0.5, 0.6) is 0 Å². The Kier molecular flexibility index (Phi) is 4.25. The number of nitrogens with one attached hydrogen (secondary N) is 1. The number of esters is 1. The van der Waals surface area contributed by atoms with Crippen LogP contribution in [0.1, 0.15) is 42.0 Å². The molecule has 114 valence electrons. The van der Waals surface area contributed by atoms with Crippen molar-refractivity contribution in [1.29, 1.82) is 0 Å². The van der Waals surface area contributed by atoms with E-state index in [4.69, 9.17) is 9.84 Å². The first kappa shape index (κ1) is 15.0. The number of ketones is 1. The summed E-state index contributed by atoms with van der Waals surface area (Å²) in [7, 11) is 0. The molecular formula is C13H17N3O5. The number of nitrogens with zero attached hydrogens (tertiary/aromatic N) is 2. The fourth-order valence-electron chi connectivity index (χ4n) is 2.38. The smallest absolute Gasteiger partial charge is 0.407 e. The molecule has 1 aromatic rings. The molecule has 1 aliphatic heterocycles. The lowest BCUT2D eigenvalue weighted by atomic mass is 9.98. The molecule has 0 saturated carbocycles. The number of hydrogen-bond acceptors (Lipinski definition) is 5. The first-order valence-corrected chi connectivity index (χ1v) is 6.68. The standard InChI is InChI=1S/C13H17N3O5/c1-3-21-11(18)5-10(17)12-8-6-16(13(19)20)7(2)4-9(8)14-15-12/h7H,3-6H2,1-2H3,(H,14,15)(H,19,20). The number of carbonyl (C=O) groups excluding carboxylic acids is 2. The number of hydrogen-bond donors (Lipinski definition) is 2. The van der Waals surface area contributed by atoms with Crippen molar-refractivity contribution in [3.63, 3.8) is 0 Å². The van der Waals surface area contributed by atoms with E-state index in [9.17, 15) is 14.4 Å². The van der Waals surface area contributed by atoms with Crippen molar-refractivity contribution in [2.45, 2.75) is 39.3 Å². The van der Waals surface area contributed by atoms with Crippen LogP contribution < -0.4 is 0 Å². The van der Waals surface area contributed by atoms with Crippen molar-refractivity contribution in [2.75, 3.05) is 6.61 Å². The van der Waals surface area contributed by atoms with E-state index in [-0.39, 0.29) is 31.3 Å². The number of fused-ring (bicyclic) bond motifs is 1. The second-order valence-corrected chi connectivity index (χ2v) is 4.89. The SMILES string of the molecule is CCOC(=O)CC(=O)c1[nH]nc2c1CN(C(=O)O)C(C)C2. The van der Waals surface area contributed by atoms with Crippen molar-refractivity contribution >= 4 is 17.8 Å². The van der Waals surface area contributed by atoms with Crippen LogP contribution in [0.2, 0.25) is 0 Å². The number of rotatable bonds is 4. The Morgan fingerprint density at radius 1 is 1.48 bits per heavy atom. The summed E-state index contributed by atoms with van der Waals surface area (Å²) in [6, 6.07) is -0.202. The molecule has 8 nitrogen and oxygen atoms in total. The average Bonchev–Trinajstić information content (AvgIpc) is 2.80. The van der Waals surface area contributed by atoms with Gasteiger partial charge in [0.05, 0.1) is 18.8 Å². The third-order valence-electron chi connectivity index (χ3n) is 3.44. The fourth-order valence-corrected chi connectivity index (χ4v) is 2.38. The van der Waals surface area contributed by atoms with Crippen LogP contribution in [0.15, 0.2) is 0 Å². The molecule has 0 saturated heterocycles. The second kappa shape index (κ2) is 5.94. The lowest BCUT2D eigenvalue weighted by Crippen LogP contribution is -2.42. The molecule has 1 amide bonds. The predicted octanol–water partition coefficient (Wildman–Crippen LogP) is 0.970. The van der Waals surface area contributed by atoms with E-state index >= 15 is 0 Å². The van der Waals surface area contributed by atoms with Crippen molar-refractivity contribution in [1.82, 2.24) is 15.1 Å². The summed E-state index contributed by atoms with van der Waals surface area (Å²) in [4.78, 5) is 35.9. The van der Waals surface area contributed by atoms with Crippen LogP contribution >= 0.6 is 0 Å². The van der Waals surface area contributed by atoms with Crippen LogP contribution in [0.3, 0.4) is 0 Å². The van der Waals surface area contributed by atoms with E-state index in [1.807, 2.05) is 0 Å². The van der Waals surface area contributed by atoms with Gasteiger partial charge in [-0.3, -0.25) is 14.7 Å². The Hall–Kier alpha value is -2.38. The molecule has 0 aromatic carbocycles. The molecule has 0 radical (unpaired) electrons. The lowest BCUT2D eigenvalue weighted by molar-refractivity contribution is -0.141. The van der Waals surface area contributed by atoms with Gasteiger partial charge in [0.25, 0.3) is 0 Å². The van der Waals surface area contributed by atoms with Crippen molar-refractivity contribution in [3.05, 3.63) is 17.0 Å². The van der Waals surface area contributed by atoms with E-state index in [1.165, 1.54) is 4.90 Å². The maximum atomic E-state index is 12.1. The topological polar surface area (TPSA) is 113 Å². The Labute approximate surface area is 121 Å². The number of carboxylic acid groups (broad SMARTS) is 1. The van der Waals surface area contributed by atoms with Crippen LogP contribution in [0, 0.1) is 0 Å². The van der Waals surface area contributed by atoms with E-state index in [0.717, 1.165) is 0 Å². The molecule has 0 fully saturated rings. The summed E-state index contributed by atoms with van der Waals surface area (Å²) in [5.74, 6) is -1.05. The molecule has 1 unspecified atom stereocenters. The van der Waals surface area contributed by atoms with E-state index < -0.39 is 17.8 Å². The monoisotopic (exact) mass is 295 g/mol. The number of Topliss-reactive ketones (excluding diaryl/α,β-unsaturated/α-hetero) is 1. The van der Waals surface area contributed by atoms with Crippen molar-refractivity contribution < 1.29 is 24.2 Å². The van der Waals surface area contributed by atoms with Gasteiger partial charge in [0.2, 0.25) is 0 Å². The molecule has 0 aliphatic carbocycles. The molecule has 2 N–H and O–H groups in total. The van der Waals surface area contributed by atoms with Gasteiger partial charge in [0, 0.05) is 18.0 Å². The zero-order chi connectivity index (χ0) is 15.6. The van der Waals surface area contributed by atoms with Gasteiger partial charge in [-0.05, 0) is 13.8 Å². The summed E-state index contributed by atoms with van der Waals surface area (Å²) in [6.07, 6.45) is -0.992. The molecule has 0 bridgehead atoms. The highest BCUT2D eigenvalue weighted by atomic mass is 16.5. The van der Waals surface area contributed by atoms with Crippen LogP contribution in [0.4, 0.5) is 4.79 Å². The van der Waals surface area contributed by atoms with Gasteiger partial charge in [-0.1, -0.05) is 0 Å². The number of carbonyl (C=O) groups is 3. The van der Waals surface area contributed by atoms with Gasteiger partial charge >= 0.3 is 12.1 Å². The van der Waals surface area contributed by atoms with Crippen molar-refractivity contribution in [3.8, 4) is 0 Å². The highest BCUT2D eigenvalue weighted by Crippen LogP contribution is 2.25. The zero-order valence-electron chi connectivity index (χ0n) is 11.9. The molecule has 8 heteroatoms. The molecule has 2 heterocycles. The molecule has 2 rings (SSSR count). The van der Waals surface area contributed by atoms with Crippen LogP contribution in [-0.4, -0.2) is 50.7 Å². The summed E-state index contributed by atoms with van der Waals surface area (Å²) >= 11 is 0. The van der Waals surface area contributed by atoms with E-state index in [0.29, 0.717) is 17.7 Å². The largest absolute Gasteiger partial charge is 0.466 e. The number of amides is 1. The fraction of sp³-hybridized carbons (Fsp3) is 0.538. The predicted molar refractivity (Wildman–Crippen MR) is 70.9 cm³/mol. The van der Waals surface area contributed by atoms with Gasteiger partial charge in [0.1, 0.15) is 12.1 Å². The number of aromatic amines is 1. The van der Waals surface area contributed by atoms with E-state index in [2.05, 4.69) is 10.2 Å². The summed E-state index contributed by atoms with van der Waals surface area (Å²) < 4.78 is 4.73. The Morgan fingerprint density at radius 2 is 2.19 bits per heavy atom. The van der Waals surface area contributed by atoms with Gasteiger partial charge in [-0.15, -0.1) is 0 Å². The number of ether oxygens (including phenoxy) is 1. The summed E-state index contributed by atoms with van der Waals surface area (Å²) in [5, 5.41) is 15.8. The van der Waals surface area contributed by atoms with Crippen molar-refractivity contribution in [2.24, 2.45) is 0 Å². The summed E-state index contributed by atoms with van der Waals surface area (Å²) in [6.45, 7) is 3.74. The first-order valence-electron chi connectivity index (χ1n) is 6.68. The molecule has 1 aromatic heterocycles. The van der Waals surface area contributed by atoms with Crippen LogP contribution in [-0.2, 0) is 22.5 Å². The molecule has 0 spiro atoms. The first-order chi connectivity index (χ1) is 9.93. The Morgan fingerprint density at radius 3 is 2.81 bits per heavy atom. The van der Waals surface area contributed by atoms with Gasteiger partial charge in [0.15, 0.2) is 5.78 Å². The van der Waals surface area contributed by atoms with Gasteiger partial charge in [-0.2, -0.15) is 5.10 Å². The third-order valence-corrected chi connectivity index (χ3v) is 3.44. The highest BCUT2D eigenvalue weighted by molar-refractivity contribution is 6.05. The third kappa shape index (κ3) is 3.04. The average molecular weight is 295 g/mol.